The van der Waals surface area contributed by atoms with E-state index in [0.717, 1.165) is 0 Å². The van der Waals surface area contributed by atoms with Gasteiger partial charge < -0.3 is 9.47 Å². The van der Waals surface area contributed by atoms with Gasteiger partial charge in [0.2, 0.25) is 0 Å². The van der Waals surface area contributed by atoms with Crippen molar-refractivity contribution in [3.05, 3.63) is 12.3 Å². The number of nitrogens with one attached hydrogen (secondary N) is 1. The minimum atomic E-state index is -3.56. The molecule has 0 amide bonds. The van der Waals surface area contributed by atoms with Gasteiger partial charge in [-0.25, -0.2) is 13.1 Å². The highest BCUT2D eigenvalue weighted by Gasteiger charge is 2.33. The molecule has 18 heavy (non-hydrogen) atoms. The smallest absolute Gasteiger partial charge is 0.257 e. The zero-order chi connectivity index (χ0) is 13.4. The van der Waals surface area contributed by atoms with Gasteiger partial charge in [0.15, 0.2) is 10.8 Å². The van der Waals surface area contributed by atoms with Crippen molar-refractivity contribution in [2.24, 2.45) is 7.05 Å². The standard InChI is InChI=1S/C10H17N3O4S/c1-10(2)16-7-8(17-10)6-12-18(14,15)9-4-5-11-13(9)3/h4-5,8,12H,6-7H2,1-3H3. The Bertz CT molecular complexity index is 523. The van der Waals surface area contributed by atoms with Crippen LogP contribution in [0.25, 0.3) is 0 Å². The molecule has 0 saturated carbocycles. The fourth-order valence-electron chi connectivity index (χ4n) is 1.77. The van der Waals surface area contributed by atoms with Crippen molar-refractivity contribution in [3.8, 4) is 0 Å². The van der Waals surface area contributed by atoms with Gasteiger partial charge in [-0.15, -0.1) is 0 Å². The maximum Gasteiger partial charge on any atom is 0.257 e. The molecule has 102 valence electrons. The highest BCUT2D eigenvalue weighted by molar-refractivity contribution is 7.89. The van der Waals surface area contributed by atoms with E-state index in [4.69, 9.17) is 9.47 Å². The molecule has 1 unspecified atom stereocenters. The number of hydrogen-bond acceptors (Lipinski definition) is 5. The van der Waals surface area contributed by atoms with Crippen molar-refractivity contribution in [2.75, 3.05) is 13.2 Å². The lowest BCUT2D eigenvalue weighted by molar-refractivity contribution is -0.137. The average molecular weight is 275 g/mol. The van der Waals surface area contributed by atoms with Gasteiger partial charge in [-0.3, -0.25) is 4.68 Å². The summed E-state index contributed by atoms with van der Waals surface area (Å²) in [6, 6.07) is 1.44. The Kier molecular flexibility index (Phi) is 3.45. The van der Waals surface area contributed by atoms with E-state index in [-0.39, 0.29) is 17.7 Å². The lowest BCUT2D eigenvalue weighted by atomic mass is 10.4. The third kappa shape index (κ3) is 2.89. The predicted octanol–water partition coefficient (Wildman–Crippen LogP) is -0.150. The monoisotopic (exact) mass is 275 g/mol. The quantitative estimate of drug-likeness (QED) is 0.826. The fourth-order valence-corrected chi connectivity index (χ4v) is 2.95. The van der Waals surface area contributed by atoms with Crippen LogP contribution >= 0.6 is 0 Å². The summed E-state index contributed by atoms with van der Waals surface area (Å²) >= 11 is 0. The minimum absolute atomic E-state index is 0.126. The number of nitrogens with zero attached hydrogens (tertiary/aromatic N) is 2. The molecule has 1 aromatic rings. The van der Waals surface area contributed by atoms with Gasteiger partial charge in [0, 0.05) is 13.6 Å². The Hall–Kier alpha value is -0.960. The van der Waals surface area contributed by atoms with E-state index in [1.807, 2.05) is 0 Å². The molecular formula is C10H17N3O4S. The maximum atomic E-state index is 12.0. The minimum Gasteiger partial charge on any atom is -0.348 e. The Labute approximate surface area is 106 Å². The number of ether oxygens (including phenoxy) is 2. The molecule has 0 bridgehead atoms. The first-order valence-corrected chi connectivity index (χ1v) is 7.08. The van der Waals surface area contributed by atoms with Crippen LogP contribution in [0.5, 0.6) is 0 Å². The third-order valence-electron chi connectivity index (χ3n) is 2.62. The van der Waals surface area contributed by atoms with Crippen LogP contribution in [0.2, 0.25) is 0 Å². The first-order chi connectivity index (χ1) is 8.30. The first-order valence-electron chi connectivity index (χ1n) is 5.60. The zero-order valence-electron chi connectivity index (χ0n) is 10.6. The number of sulfonamides is 1. The lowest BCUT2D eigenvalue weighted by Gasteiger charge is -2.17. The summed E-state index contributed by atoms with van der Waals surface area (Å²) in [5.74, 6) is -0.650. The molecule has 1 saturated heterocycles. The number of rotatable bonds is 4. The molecule has 1 atom stereocenters. The lowest BCUT2D eigenvalue weighted by Crippen LogP contribution is -2.35. The second-order valence-corrected chi connectivity index (χ2v) is 6.31. The summed E-state index contributed by atoms with van der Waals surface area (Å²) in [6.45, 7) is 4.14. The van der Waals surface area contributed by atoms with Crippen molar-refractivity contribution in [1.29, 1.82) is 0 Å². The molecule has 0 aliphatic carbocycles. The van der Waals surface area contributed by atoms with E-state index in [0.29, 0.717) is 6.61 Å². The van der Waals surface area contributed by atoms with Gasteiger partial charge in [0.1, 0.15) is 0 Å². The van der Waals surface area contributed by atoms with Crippen LogP contribution in [0, 0.1) is 0 Å². The Balaban J connectivity index is 1.97. The molecule has 1 fully saturated rings. The van der Waals surface area contributed by atoms with Crippen LogP contribution in [-0.2, 0) is 26.5 Å². The summed E-state index contributed by atoms with van der Waals surface area (Å²) in [7, 11) is -1.98. The van der Waals surface area contributed by atoms with E-state index >= 15 is 0 Å². The van der Waals surface area contributed by atoms with Crippen LogP contribution in [0.4, 0.5) is 0 Å². The van der Waals surface area contributed by atoms with Crippen LogP contribution < -0.4 is 4.72 Å². The topological polar surface area (TPSA) is 82.5 Å². The molecule has 2 heterocycles. The number of aromatic nitrogens is 2. The normalized spacial score (nSPS) is 23.4. The number of aryl methyl sites for hydroxylation is 1. The van der Waals surface area contributed by atoms with Crippen molar-refractivity contribution >= 4 is 10.0 Å². The fraction of sp³-hybridized carbons (Fsp3) is 0.700. The summed E-state index contributed by atoms with van der Waals surface area (Å²) in [5.41, 5.74) is 0. The average Bonchev–Trinajstić information content (AvgIpc) is 2.82. The molecule has 7 nitrogen and oxygen atoms in total. The van der Waals surface area contributed by atoms with Crippen LogP contribution in [-0.4, -0.2) is 43.2 Å². The van der Waals surface area contributed by atoms with Crippen LogP contribution in [0.15, 0.2) is 17.3 Å². The molecule has 0 spiro atoms. The maximum absolute atomic E-state index is 12.0. The van der Waals surface area contributed by atoms with Crippen LogP contribution in [0.3, 0.4) is 0 Å². The number of hydrogen-bond donors (Lipinski definition) is 1. The van der Waals surface area contributed by atoms with Crippen molar-refractivity contribution in [2.45, 2.75) is 30.8 Å². The highest BCUT2D eigenvalue weighted by atomic mass is 32.2. The molecule has 1 aliphatic rings. The molecule has 1 aliphatic heterocycles. The van der Waals surface area contributed by atoms with Crippen molar-refractivity contribution in [3.63, 3.8) is 0 Å². The first kappa shape index (κ1) is 13.5. The molecule has 2 rings (SSSR count). The Morgan fingerprint density at radius 1 is 1.61 bits per heavy atom. The second-order valence-electron chi connectivity index (χ2n) is 4.60. The van der Waals surface area contributed by atoms with Crippen molar-refractivity contribution in [1.82, 2.24) is 14.5 Å². The predicted molar refractivity (Wildman–Crippen MR) is 63.3 cm³/mol. The van der Waals surface area contributed by atoms with Gasteiger partial charge in [0.25, 0.3) is 10.0 Å². The highest BCUT2D eigenvalue weighted by Crippen LogP contribution is 2.22. The van der Waals surface area contributed by atoms with Gasteiger partial charge in [-0.05, 0) is 19.9 Å². The van der Waals surface area contributed by atoms with E-state index in [9.17, 15) is 8.42 Å². The van der Waals surface area contributed by atoms with Crippen molar-refractivity contribution < 1.29 is 17.9 Å². The molecule has 1 aromatic heterocycles. The summed E-state index contributed by atoms with van der Waals surface area (Å²) in [4.78, 5) is 0. The SMILES string of the molecule is Cn1nccc1S(=O)(=O)NCC1COC(C)(C)O1. The zero-order valence-corrected chi connectivity index (χ0v) is 11.4. The third-order valence-corrected chi connectivity index (χ3v) is 4.12. The molecule has 0 aromatic carbocycles. The van der Waals surface area contributed by atoms with Gasteiger partial charge in [0.05, 0.1) is 18.9 Å². The van der Waals surface area contributed by atoms with Gasteiger partial charge in [-0.1, -0.05) is 0 Å². The molecule has 8 heteroatoms. The van der Waals surface area contributed by atoms with E-state index in [2.05, 4.69) is 9.82 Å². The summed E-state index contributed by atoms with van der Waals surface area (Å²) in [5, 5.41) is 3.95. The Morgan fingerprint density at radius 2 is 2.33 bits per heavy atom. The molecular weight excluding hydrogens is 258 g/mol. The second kappa shape index (κ2) is 4.61. The van der Waals surface area contributed by atoms with Gasteiger partial charge >= 0.3 is 0 Å². The van der Waals surface area contributed by atoms with E-state index < -0.39 is 15.8 Å². The summed E-state index contributed by atoms with van der Waals surface area (Å²) < 4.78 is 38.6. The summed E-state index contributed by atoms with van der Waals surface area (Å²) in [6.07, 6.45) is 1.16. The van der Waals surface area contributed by atoms with E-state index in [1.54, 1.807) is 20.9 Å². The van der Waals surface area contributed by atoms with Gasteiger partial charge in [-0.2, -0.15) is 5.10 Å². The Morgan fingerprint density at radius 3 is 2.83 bits per heavy atom. The van der Waals surface area contributed by atoms with Crippen LogP contribution in [0.1, 0.15) is 13.8 Å². The molecule has 0 radical (unpaired) electrons. The largest absolute Gasteiger partial charge is 0.348 e. The van der Waals surface area contributed by atoms with E-state index in [1.165, 1.54) is 16.9 Å². The molecule has 1 N–H and O–H groups in total.